The van der Waals surface area contributed by atoms with E-state index in [1.165, 1.54) is 0 Å². The number of aromatic nitrogens is 4. The van der Waals surface area contributed by atoms with Crippen LogP contribution in [-0.2, 0) is 11.8 Å². The maximum atomic E-state index is 10.3. The van der Waals surface area contributed by atoms with Crippen LogP contribution in [-0.4, -0.2) is 33.7 Å². The van der Waals surface area contributed by atoms with Crippen LogP contribution >= 0.6 is 0 Å². The molecule has 1 aromatic carbocycles. The molecule has 2 aromatic rings. The number of hydrogen-bond donors (Lipinski definition) is 1. The molecule has 2 rings (SSSR count). The third kappa shape index (κ3) is 8.44. The molecule has 0 amide bonds. The molecule has 1 aromatic heterocycles. The molecule has 8 heteroatoms. The second-order valence-electron chi connectivity index (χ2n) is 8.56. The van der Waals surface area contributed by atoms with Crippen LogP contribution in [0.4, 0.5) is 0 Å². The molecule has 0 radical (unpaired) electrons. The minimum Gasteiger partial charge on any atom is -0.504 e. The summed E-state index contributed by atoms with van der Waals surface area (Å²) in [6.07, 6.45) is 5.82. The molecule has 0 fully saturated rings. The minimum absolute atomic E-state index is 0. The molecule has 1 N–H and O–H groups in total. The van der Waals surface area contributed by atoms with Crippen molar-refractivity contribution in [1.29, 1.82) is 0 Å². The van der Waals surface area contributed by atoms with Gasteiger partial charge in [0.1, 0.15) is 5.75 Å². The van der Waals surface area contributed by atoms with Gasteiger partial charge in [-0.2, -0.15) is 0 Å². The normalized spacial score (nSPS) is 11.4. The topological polar surface area (TPSA) is 91.5 Å². The van der Waals surface area contributed by atoms with E-state index in [4.69, 9.17) is 9.47 Å². The molecular formula is C22H35N4NaO3. The van der Waals surface area contributed by atoms with Gasteiger partial charge >= 0.3 is 29.6 Å². The van der Waals surface area contributed by atoms with Crippen molar-refractivity contribution >= 4 is 0 Å². The van der Waals surface area contributed by atoms with Crippen molar-refractivity contribution in [2.75, 3.05) is 13.2 Å². The van der Waals surface area contributed by atoms with Crippen molar-refractivity contribution in [3.63, 3.8) is 0 Å². The third-order valence-corrected chi connectivity index (χ3v) is 5.10. The second-order valence-corrected chi connectivity index (χ2v) is 8.56. The van der Waals surface area contributed by atoms with Gasteiger partial charge in [0.2, 0.25) is 0 Å². The van der Waals surface area contributed by atoms with E-state index in [2.05, 4.69) is 55.2 Å². The molecule has 0 spiro atoms. The molecule has 0 bridgehead atoms. The van der Waals surface area contributed by atoms with Crippen molar-refractivity contribution in [1.82, 2.24) is 20.6 Å². The van der Waals surface area contributed by atoms with Crippen molar-refractivity contribution in [2.45, 2.75) is 78.6 Å². The quantitative estimate of drug-likeness (QED) is 0.383. The summed E-state index contributed by atoms with van der Waals surface area (Å²) in [6, 6.07) is 3.58. The van der Waals surface area contributed by atoms with Crippen molar-refractivity contribution < 1.29 is 44.1 Å². The van der Waals surface area contributed by atoms with Crippen LogP contribution in [0.1, 0.15) is 78.1 Å². The first-order valence-corrected chi connectivity index (χ1v) is 10.6. The Hall–Kier alpha value is -1.31. The zero-order chi connectivity index (χ0) is 21.3. The summed E-state index contributed by atoms with van der Waals surface area (Å²) < 4.78 is 11.7. The molecule has 0 atom stereocenters. The van der Waals surface area contributed by atoms with Crippen LogP contribution in [0.5, 0.6) is 17.2 Å². The monoisotopic (exact) mass is 426 g/mol. The van der Waals surface area contributed by atoms with Gasteiger partial charge in [-0.3, -0.25) is 15.5 Å². The van der Waals surface area contributed by atoms with E-state index in [0.717, 1.165) is 49.8 Å². The Balaban J connectivity index is 0.00000450. The zero-order valence-corrected chi connectivity index (χ0v) is 21.4. The number of nitrogens with zero attached hydrogens (tertiary/aromatic N) is 4. The van der Waals surface area contributed by atoms with E-state index in [1.807, 2.05) is 6.07 Å². The van der Waals surface area contributed by atoms with E-state index >= 15 is 0 Å². The molecule has 1 heterocycles. The molecule has 0 aliphatic heterocycles. The largest absolute Gasteiger partial charge is 1.00 e. The Morgan fingerprint density at radius 2 is 1.80 bits per heavy atom. The van der Waals surface area contributed by atoms with Gasteiger partial charge in [0.15, 0.2) is 11.5 Å². The van der Waals surface area contributed by atoms with Gasteiger partial charge in [-0.05, 0) is 43.2 Å². The fraction of sp³-hybridized carbons (Fsp3) is 0.682. The van der Waals surface area contributed by atoms with Crippen LogP contribution < -0.4 is 44.2 Å². The van der Waals surface area contributed by atoms with Crippen molar-refractivity contribution in [3.05, 3.63) is 23.5 Å². The van der Waals surface area contributed by atoms with Crippen LogP contribution in [0.3, 0.4) is 0 Å². The number of unbranched alkanes of at least 4 members (excludes halogenated alkanes) is 2. The van der Waals surface area contributed by atoms with E-state index in [-0.39, 0.29) is 40.7 Å². The molecule has 0 aliphatic carbocycles. The second kappa shape index (κ2) is 13.2. The molecule has 0 aliphatic rings. The Kier molecular flexibility index (Phi) is 11.7. The SMILES string of the molecule is CCc1cc(OCCC(C)C)c(O)cc1OCCCCCC(C)(C)c1nn[n-]n1.[Na+]. The van der Waals surface area contributed by atoms with Crippen LogP contribution in [0.15, 0.2) is 12.1 Å². The van der Waals surface area contributed by atoms with E-state index in [9.17, 15) is 5.11 Å². The van der Waals surface area contributed by atoms with Gasteiger partial charge in [-0.1, -0.05) is 47.5 Å². The van der Waals surface area contributed by atoms with Gasteiger partial charge < -0.3 is 19.7 Å². The van der Waals surface area contributed by atoms with Gasteiger partial charge in [0.25, 0.3) is 0 Å². The summed E-state index contributed by atoms with van der Waals surface area (Å²) in [6.45, 7) is 11.8. The molecular weight excluding hydrogens is 391 g/mol. The summed E-state index contributed by atoms with van der Waals surface area (Å²) in [5.74, 6) is 2.69. The number of phenols is 1. The van der Waals surface area contributed by atoms with Gasteiger partial charge in [0, 0.05) is 17.3 Å². The smallest absolute Gasteiger partial charge is 0.504 e. The predicted molar refractivity (Wildman–Crippen MR) is 113 cm³/mol. The molecule has 0 saturated heterocycles. The molecule has 0 unspecified atom stereocenters. The van der Waals surface area contributed by atoms with Crippen LogP contribution in [0.25, 0.3) is 0 Å². The Bertz CT molecular complexity index is 736. The number of tetrazole rings is 1. The summed E-state index contributed by atoms with van der Waals surface area (Å²) in [7, 11) is 0. The Labute approximate surface area is 202 Å². The fourth-order valence-corrected chi connectivity index (χ4v) is 3.08. The maximum absolute atomic E-state index is 10.3. The molecule has 0 saturated carbocycles. The zero-order valence-electron chi connectivity index (χ0n) is 19.4. The minimum atomic E-state index is -0.114. The first kappa shape index (κ1) is 26.7. The number of ether oxygens (including phenoxy) is 2. The first-order valence-electron chi connectivity index (χ1n) is 10.6. The molecule has 30 heavy (non-hydrogen) atoms. The fourth-order valence-electron chi connectivity index (χ4n) is 3.08. The van der Waals surface area contributed by atoms with Crippen LogP contribution in [0, 0.1) is 5.92 Å². The van der Waals surface area contributed by atoms with E-state index in [0.29, 0.717) is 30.7 Å². The summed E-state index contributed by atoms with van der Waals surface area (Å²) >= 11 is 0. The van der Waals surface area contributed by atoms with E-state index < -0.39 is 0 Å². The van der Waals surface area contributed by atoms with Crippen LogP contribution in [0.2, 0.25) is 0 Å². The van der Waals surface area contributed by atoms with Gasteiger partial charge in [-0.25, -0.2) is 0 Å². The third-order valence-electron chi connectivity index (χ3n) is 5.10. The Morgan fingerprint density at radius 3 is 2.43 bits per heavy atom. The molecule has 162 valence electrons. The van der Waals surface area contributed by atoms with Gasteiger partial charge in [-0.15, -0.1) is 0 Å². The standard InChI is InChI=1S/C22H35N4O3.Na/c1-6-17-14-20(29-13-10-16(2)3)18(27)15-19(17)28-12-9-7-8-11-22(4,5)21-23-25-26-24-21;/h14-16H,6-13H2,1-5H3,(H-,23,24,25,26,27);/q-1;+1. The number of aromatic hydroxyl groups is 1. The first-order chi connectivity index (χ1) is 13.8. The summed E-state index contributed by atoms with van der Waals surface area (Å²) in [5, 5.41) is 25.4. The number of benzene rings is 1. The number of rotatable bonds is 13. The summed E-state index contributed by atoms with van der Waals surface area (Å²) in [5.41, 5.74) is 0.938. The average Bonchev–Trinajstić information content (AvgIpc) is 3.21. The predicted octanol–water partition coefficient (Wildman–Crippen LogP) is 1.44. The van der Waals surface area contributed by atoms with Gasteiger partial charge in [0.05, 0.1) is 13.2 Å². The van der Waals surface area contributed by atoms with Crippen molar-refractivity contribution in [3.8, 4) is 17.2 Å². The number of aryl methyl sites for hydroxylation is 1. The maximum Gasteiger partial charge on any atom is 1.00 e. The molecule has 7 nitrogen and oxygen atoms in total. The van der Waals surface area contributed by atoms with E-state index in [1.54, 1.807) is 6.07 Å². The average molecular weight is 427 g/mol. The Morgan fingerprint density at radius 1 is 1.07 bits per heavy atom. The summed E-state index contributed by atoms with van der Waals surface area (Å²) in [4.78, 5) is 0. The number of phenolic OH excluding ortho intramolecular Hbond substituents is 1. The van der Waals surface area contributed by atoms with Crippen molar-refractivity contribution in [2.24, 2.45) is 5.92 Å². The number of hydrogen-bond acceptors (Lipinski definition) is 6.